The predicted octanol–water partition coefficient (Wildman–Crippen LogP) is 1.65. The van der Waals surface area contributed by atoms with Crippen LogP contribution in [0.25, 0.3) is 0 Å². The molecule has 0 spiro atoms. The minimum atomic E-state index is 0.487. The molecule has 2 heterocycles. The maximum absolute atomic E-state index is 5.86. The summed E-state index contributed by atoms with van der Waals surface area (Å²) in [5.41, 5.74) is 7.12. The van der Waals surface area contributed by atoms with Gasteiger partial charge in [-0.25, -0.2) is 0 Å². The van der Waals surface area contributed by atoms with Crippen LogP contribution in [0.1, 0.15) is 19.8 Å². The van der Waals surface area contributed by atoms with Crippen LogP contribution in [0.3, 0.4) is 0 Å². The van der Waals surface area contributed by atoms with Crippen LogP contribution in [-0.4, -0.2) is 24.1 Å². The van der Waals surface area contributed by atoms with Gasteiger partial charge in [0.1, 0.15) is 0 Å². The van der Waals surface area contributed by atoms with Gasteiger partial charge >= 0.3 is 0 Å². The third-order valence-electron chi connectivity index (χ3n) is 3.35. The highest BCUT2D eigenvalue weighted by Crippen LogP contribution is 2.27. The van der Waals surface area contributed by atoms with Crippen molar-refractivity contribution in [3.63, 3.8) is 0 Å². The van der Waals surface area contributed by atoms with Crippen LogP contribution in [0.2, 0.25) is 0 Å². The molecule has 3 heteroatoms. The Kier molecular flexibility index (Phi) is 3.21. The van der Waals surface area contributed by atoms with E-state index in [1.54, 1.807) is 0 Å². The average molecular weight is 205 g/mol. The lowest BCUT2D eigenvalue weighted by atomic mass is 9.90. The molecule has 15 heavy (non-hydrogen) atoms. The Labute approximate surface area is 91.3 Å². The van der Waals surface area contributed by atoms with Gasteiger partial charge in [-0.05, 0) is 30.9 Å². The van der Waals surface area contributed by atoms with Crippen LogP contribution in [-0.2, 0) is 0 Å². The topological polar surface area (TPSA) is 42.2 Å². The highest BCUT2D eigenvalue weighted by Gasteiger charge is 2.27. The van der Waals surface area contributed by atoms with Gasteiger partial charge in [0.05, 0.1) is 0 Å². The van der Waals surface area contributed by atoms with Gasteiger partial charge in [0.15, 0.2) is 0 Å². The van der Waals surface area contributed by atoms with E-state index in [0.29, 0.717) is 12.0 Å². The van der Waals surface area contributed by atoms with Crippen molar-refractivity contribution in [2.45, 2.75) is 25.8 Å². The van der Waals surface area contributed by atoms with E-state index in [-0.39, 0.29) is 0 Å². The Balaban J connectivity index is 2.19. The third kappa shape index (κ3) is 2.12. The fourth-order valence-corrected chi connectivity index (χ4v) is 2.46. The van der Waals surface area contributed by atoms with E-state index in [2.05, 4.69) is 28.9 Å². The van der Waals surface area contributed by atoms with Crippen molar-refractivity contribution in [3.05, 3.63) is 24.5 Å². The molecule has 2 unspecified atom stereocenters. The molecule has 1 fully saturated rings. The summed E-state index contributed by atoms with van der Waals surface area (Å²) in [4.78, 5) is 6.48. The Morgan fingerprint density at radius 3 is 2.87 bits per heavy atom. The summed E-state index contributed by atoms with van der Waals surface area (Å²) in [7, 11) is 0. The number of rotatable bonds is 2. The van der Waals surface area contributed by atoms with Gasteiger partial charge in [-0.1, -0.05) is 6.92 Å². The lowest BCUT2D eigenvalue weighted by Gasteiger charge is -2.41. The third-order valence-corrected chi connectivity index (χ3v) is 3.35. The van der Waals surface area contributed by atoms with Gasteiger partial charge in [0.25, 0.3) is 0 Å². The summed E-state index contributed by atoms with van der Waals surface area (Å²) in [5, 5.41) is 0. The van der Waals surface area contributed by atoms with Gasteiger partial charge in [-0.2, -0.15) is 0 Å². The summed E-state index contributed by atoms with van der Waals surface area (Å²) in [5.74, 6) is 0.692. The Hall–Kier alpha value is -1.09. The number of nitrogens with two attached hydrogens (primary N) is 1. The van der Waals surface area contributed by atoms with Crippen LogP contribution in [0.5, 0.6) is 0 Å². The molecular weight excluding hydrogens is 186 g/mol. The summed E-state index contributed by atoms with van der Waals surface area (Å²) < 4.78 is 0. The highest BCUT2D eigenvalue weighted by molar-refractivity contribution is 5.46. The van der Waals surface area contributed by atoms with E-state index in [9.17, 15) is 0 Å². The first-order valence-corrected chi connectivity index (χ1v) is 5.69. The molecule has 2 N–H and O–H groups in total. The zero-order valence-corrected chi connectivity index (χ0v) is 9.26. The first kappa shape index (κ1) is 10.4. The van der Waals surface area contributed by atoms with E-state index < -0.39 is 0 Å². The molecular formula is C12H19N3. The Morgan fingerprint density at radius 2 is 2.20 bits per heavy atom. The van der Waals surface area contributed by atoms with Crippen molar-refractivity contribution in [2.75, 3.05) is 18.0 Å². The zero-order chi connectivity index (χ0) is 10.7. The number of anilines is 1. The molecule has 1 aromatic heterocycles. The fraction of sp³-hybridized carbons (Fsp3) is 0.583. The number of pyridine rings is 1. The Bertz CT molecular complexity index is 299. The van der Waals surface area contributed by atoms with E-state index in [4.69, 9.17) is 5.73 Å². The van der Waals surface area contributed by atoms with Gasteiger partial charge in [-0.3, -0.25) is 4.98 Å². The number of aromatic nitrogens is 1. The molecule has 0 amide bonds. The van der Waals surface area contributed by atoms with Gasteiger partial charge < -0.3 is 10.6 Å². The first-order chi connectivity index (χ1) is 7.33. The van der Waals surface area contributed by atoms with Crippen molar-refractivity contribution in [1.29, 1.82) is 0 Å². The maximum Gasteiger partial charge on any atom is 0.0437 e. The standard InChI is InChI=1S/C12H19N3/c1-10-3-2-8-15(12(10)9-13)11-4-6-14-7-5-11/h4-7,10,12H,2-3,8-9,13H2,1H3. The monoisotopic (exact) mass is 205 g/mol. The second-order valence-electron chi connectivity index (χ2n) is 4.32. The molecule has 0 radical (unpaired) electrons. The Morgan fingerprint density at radius 1 is 1.47 bits per heavy atom. The summed E-state index contributed by atoms with van der Waals surface area (Å²) in [6.45, 7) is 4.16. The van der Waals surface area contributed by atoms with Crippen LogP contribution in [0, 0.1) is 5.92 Å². The second-order valence-corrected chi connectivity index (χ2v) is 4.32. The van der Waals surface area contributed by atoms with Crippen LogP contribution >= 0.6 is 0 Å². The van der Waals surface area contributed by atoms with E-state index >= 15 is 0 Å². The maximum atomic E-state index is 5.86. The SMILES string of the molecule is CC1CCCN(c2ccncc2)C1CN. The molecule has 82 valence electrons. The molecule has 1 aromatic rings. The molecule has 0 aliphatic carbocycles. The van der Waals surface area contributed by atoms with E-state index in [1.807, 2.05) is 12.4 Å². The summed E-state index contributed by atoms with van der Waals surface area (Å²) >= 11 is 0. The minimum Gasteiger partial charge on any atom is -0.367 e. The highest BCUT2D eigenvalue weighted by atomic mass is 15.2. The quantitative estimate of drug-likeness (QED) is 0.798. The number of nitrogens with zero attached hydrogens (tertiary/aromatic N) is 2. The van der Waals surface area contributed by atoms with Crippen molar-refractivity contribution in [3.8, 4) is 0 Å². The van der Waals surface area contributed by atoms with Gasteiger partial charge in [0, 0.05) is 37.2 Å². The summed E-state index contributed by atoms with van der Waals surface area (Å²) in [6, 6.07) is 4.63. The second kappa shape index (κ2) is 4.62. The molecule has 0 aromatic carbocycles. The first-order valence-electron chi connectivity index (χ1n) is 5.69. The molecule has 0 saturated carbocycles. The largest absolute Gasteiger partial charge is 0.367 e. The molecule has 0 bridgehead atoms. The van der Waals surface area contributed by atoms with E-state index in [0.717, 1.165) is 13.1 Å². The molecule has 2 rings (SSSR count). The van der Waals surface area contributed by atoms with Crippen molar-refractivity contribution in [1.82, 2.24) is 4.98 Å². The lowest BCUT2D eigenvalue weighted by Crippen LogP contribution is -2.48. The molecule has 2 atom stereocenters. The molecule has 1 aliphatic rings. The van der Waals surface area contributed by atoms with Crippen molar-refractivity contribution < 1.29 is 0 Å². The zero-order valence-electron chi connectivity index (χ0n) is 9.26. The van der Waals surface area contributed by atoms with Crippen LogP contribution in [0.15, 0.2) is 24.5 Å². The smallest absolute Gasteiger partial charge is 0.0437 e. The number of hydrogen-bond acceptors (Lipinski definition) is 3. The number of piperidine rings is 1. The van der Waals surface area contributed by atoms with Crippen molar-refractivity contribution >= 4 is 5.69 Å². The molecule has 3 nitrogen and oxygen atoms in total. The van der Waals surface area contributed by atoms with Gasteiger partial charge in [0.2, 0.25) is 0 Å². The lowest BCUT2D eigenvalue weighted by molar-refractivity contribution is 0.350. The van der Waals surface area contributed by atoms with Crippen molar-refractivity contribution in [2.24, 2.45) is 11.7 Å². The fourth-order valence-electron chi connectivity index (χ4n) is 2.46. The normalized spacial score (nSPS) is 26.7. The number of hydrogen-bond donors (Lipinski definition) is 1. The van der Waals surface area contributed by atoms with Gasteiger partial charge in [-0.15, -0.1) is 0 Å². The molecule has 1 saturated heterocycles. The van der Waals surface area contributed by atoms with Crippen LogP contribution in [0.4, 0.5) is 5.69 Å². The van der Waals surface area contributed by atoms with E-state index in [1.165, 1.54) is 18.5 Å². The minimum absolute atomic E-state index is 0.487. The summed E-state index contributed by atoms with van der Waals surface area (Å²) in [6.07, 6.45) is 6.26. The molecule has 1 aliphatic heterocycles. The average Bonchev–Trinajstić information content (AvgIpc) is 2.30. The predicted molar refractivity (Wildman–Crippen MR) is 62.8 cm³/mol. The van der Waals surface area contributed by atoms with Crippen LogP contribution < -0.4 is 10.6 Å².